The second kappa shape index (κ2) is 7.17. The minimum atomic E-state index is 0.170. The summed E-state index contributed by atoms with van der Waals surface area (Å²) in [6.45, 7) is 2.92. The van der Waals surface area contributed by atoms with Crippen molar-refractivity contribution < 1.29 is 9.53 Å². The smallest absolute Gasteiger partial charge is 0.219 e. The van der Waals surface area contributed by atoms with Crippen LogP contribution in [0.15, 0.2) is 30.3 Å². The predicted octanol–water partition coefficient (Wildman–Crippen LogP) is 3.25. The van der Waals surface area contributed by atoms with Crippen molar-refractivity contribution in [2.75, 3.05) is 13.2 Å². The maximum atomic E-state index is 11.8. The van der Waals surface area contributed by atoms with Crippen molar-refractivity contribution in [3.8, 4) is 5.75 Å². The summed E-state index contributed by atoms with van der Waals surface area (Å²) < 4.78 is 5.68. The van der Waals surface area contributed by atoms with Crippen molar-refractivity contribution in [3.63, 3.8) is 0 Å². The summed E-state index contributed by atoms with van der Waals surface area (Å²) >= 11 is 0. The van der Waals surface area contributed by atoms with Gasteiger partial charge in [-0.1, -0.05) is 37.5 Å². The van der Waals surface area contributed by atoms with E-state index in [1.165, 1.54) is 19.3 Å². The Bertz CT molecular complexity index is 385. The van der Waals surface area contributed by atoms with E-state index in [4.69, 9.17) is 4.74 Å². The third kappa shape index (κ3) is 4.27. The fourth-order valence-corrected chi connectivity index (χ4v) is 2.77. The van der Waals surface area contributed by atoms with Crippen LogP contribution in [0.5, 0.6) is 5.75 Å². The molecule has 1 amide bonds. The molecule has 0 spiro atoms. The van der Waals surface area contributed by atoms with Crippen LogP contribution in [0, 0.1) is 0 Å². The van der Waals surface area contributed by atoms with Gasteiger partial charge >= 0.3 is 0 Å². The summed E-state index contributed by atoms with van der Waals surface area (Å²) in [5.41, 5.74) is 0. The van der Waals surface area contributed by atoms with E-state index in [0.29, 0.717) is 19.2 Å². The lowest BCUT2D eigenvalue weighted by Crippen LogP contribution is -2.42. The standard InChI is InChI=1S/C16H23NO2/c1-14(18)17(15-8-4-2-5-9-15)12-13-19-16-10-6-3-7-11-16/h3,6-7,10-11,15H,2,4-5,8-9,12-13H2,1H3. The second-order valence-corrected chi connectivity index (χ2v) is 5.17. The summed E-state index contributed by atoms with van der Waals surface area (Å²) in [4.78, 5) is 13.7. The Morgan fingerprint density at radius 2 is 1.89 bits per heavy atom. The van der Waals surface area contributed by atoms with Gasteiger partial charge in [-0.3, -0.25) is 4.79 Å². The van der Waals surface area contributed by atoms with Crippen LogP contribution in [-0.4, -0.2) is 30.0 Å². The quantitative estimate of drug-likeness (QED) is 0.814. The van der Waals surface area contributed by atoms with Gasteiger partial charge in [-0.05, 0) is 25.0 Å². The lowest BCUT2D eigenvalue weighted by Gasteiger charge is -2.33. The molecule has 1 saturated carbocycles. The fraction of sp³-hybridized carbons (Fsp3) is 0.562. The molecule has 3 nitrogen and oxygen atoms in total. The maximum absolute atomic E-state index is 11.8. The van der Waals surface area contributed by atoms with E-state index in [2.05, 4.69) is 0 Å². The highest BCUT2D eigenvalue weighted by molar-refractivity contribution is 5.73. The van der Waals surface area contributed by atoms with Crippen LogP contribution < -0.4 is 4.74 Å². The zero-order valence-electron chi connectivity index (χ0n) is 11.7. The van der Waals surface area contributed by atoms with Crippen molar-refractivity contribution >= 4 is 5.91 Å². The topological polar surface area (TPSA) is 29.5 Å². The normalized spacial score (nSPS) is 16.1. The molecule has 0 bridgehead atoms. The molecule has 0 atom stereocenters. The molecule has 0 aliphatic heterocycles. The molecular weight excluding hydrogens is 238 g/mol. The minimum absolute atomic E-state index is 0.170. The molecule has 0 N–H and O–H groups in total. The molecule has 19 heavy (non-hydrogen) atoms. The molecule has 1 aromatic carbocycles. The number of hydrogen-bond donors (Lipinski definition) is 0. The lowest BCUT2D eigenvalue weighted by molar-refractivity contribution is -0.132. The van der Waals surface area contributed by atoms with E-state index in [9.17, 15) is 4.79 Å². The van der Waals surface area contributed by atoms with Crippen LogP contribution in [0.25, 0.3) is 0 Å². The third-order valence-corrected chi connectivity index (χ3v) is 3.76. The van der Waals surface area contributed by atoms with Gasteiger partial charge in [0, 0.05) is 13.0 Å². The largest absolute Gasteiger partial charge is 0.492 e. The van der Waals surface area contributed by atoms with Gasteiger partial charge in [0.2, 0.25) is 5.91 Å². The molecule has 0 saturated heterocycles. The first-order chi connectivity index (χ1) is 9.27. The molecule has 1 aliphatic carbocycles. The third-order valence-electron chi connectivity index (χ3n) is 3.76. The Morgan fingerprint density at radius 1 is 1.21 bits per heavy atom. The second-order valence-electron chi connectivity index (χ2n) is 5.17. The SMILES string of the molecule is CC(=O)N(CCOc1ccccc1)C1CCCCC1. The Kier molecular flexibility index (Phi) is 5.25. The Hall–Kier alpha value is -1.51. The molecule has 3 heteroatoms. The average Bonchev–Trinajstić information content (AvgIpc) is 2.45. The van der Waals surface area contributed by atoms with E-state index in [1.54, 1.807) is 6.92 Å². The number of ether oxygens (including phenoxy) is 1. The number of carbonyl (C=O) groups is 1. The van der Waals surface area contributed by atoms with Crippen LogP contribution in [0.4, 0.5) is 0 Å². The number of rotatable bonds is 5. The van der Waals surface area contributed by atoms with Gasteiger partial charge in [0.15, 0.2) is 0 Å². The van der Waals surface area contributed by atoms with Crippen LogP contribution in [0.3, 0.4) is 0 Å². The van der Waals surface area contributed by atoms with Gasteiger partial charge in [0.25, 0.3) is 0 Å². The first kappa shape index (κ1) is 13.9. The molecule has 0 heterocycles. The molecule has 1 aromatic rings. The summed E-state index contributed by atoms with van der Waals surface area (Å²) in [7, 11) is 0. The van der Waals surface area contributed by atoms with Crippen LogP contribution in [0.2, 0.25) is 0 Å². The Balaban J connectivity index is 1.82. The van der Waals surface area contributed by atoms with Crippen molar-refractivity contribution in [1.82, 2.24) is 4.90 Å². The highest BCUT2D eigenvalue weighted by atomic mass is 16.5. The van der Waals surface area contributed by atoms with E-state index < -0.39 is 0 Å². The van der Waals surface area contributed by atoms with Crippen LogP contribution in [0.1, 0.15) is 39.0 Å². The number of amides is 1. The van der Waals surface area contributed by atoms with Gasteiger partial charge in [0.1, 0.15) is 12.4 Å². The number of benzene rings is 1. The molecule has 1 aliphatic rings. The molecule has 104 valence electrons. The van der Waals surface area contributed by atoms with Gasteiger partial charge < -0.3 is 9.64 Å². The highest BCUT2D eigenvalue weighted by Crippen LogP contribution is 2.22. The van der Waals surface area contributed by atoms with Gasteiger partial charge in [0.05, 0.1) is 6.54 Å². The number of para-hydroxylation sites is 1. The summed E-state index contributed by atoms with van der Waals surface area (Å²) in [6, 6.07) is 10.2. The first-order valence-corrected chi connectivity index (χ1v) is 7.22. The number of nitrogens with zero attached hydrogens (tertiary/aromatic N) is 1. The number of carbonyl (C=O) groups excluding carboxylic acids is 1. The van der Waals surface area contributed by atoms with Crippen molar-refractivity contribution in [2.45, 2.75) is 45.1 Å². The van der Waals surface area contributed by atoms with Gasteiger partial charge in [-0.25, -0.2) is 0 Å². The molecule has 2 rings (SSSR count). The maximum Gasteiger partial charge on any atom is 0.219 e. The lowest BCUT2D eigenvalue weighted by atomic mass is 9.94. The highest BCUT2D eigenvalue weighted by Gasteiger charge is 2.22. The minimum Gasteiger partial charge on any atom is -0.492 e. The molecule has 0 radical (unpaired) electrons. The van der Waals surface area contributed by atoms with Crippen LogP contribution >= 0.6 is 0 Å². The molecule has 0 unspecified atom stereocenters. The average molecular weight is 261 g/mol. The van der Waals surface area contributed by atoms with E-state index >= 15 is 0 Å². The van der Waals surface area contributed by atoms with E-state index in [-0.39, 0.29) is 5.91 Å². The Labute approximate surface area is 115 Å². The predicted molar refractivity (Wildman–Crippen MR) is 76.2 cm³/mol. The monoisotopic (exact) mass is 261 g/mol. The van der Waals surface area contributed by atoms with E-state index in [0.717, 1.165) is 18.6 Å². The zero-order chi connectivity index (χ0) is 13.5. The first-order valence-electron chi connectivity index (χ1n) is 7.22. The summed E-state index contributed by atoms with van der Waals surface area (Å²) in [5, 5.41) is 0. The Morgan fingerprint density at radius 3 is 2.53 bits per heavy atom. The zero-order valence-corrected chi connectivity index (χ0v) is 11.7. The molecule has 1 fully saturated rings. The van der Waals surface area contributed by atoms with Gasteiger partial charge in [-0.2, -0.15) is 0 Å². The van der Waals surface area contributed by atoms with Crippen molar-refractivity contribution in [3.05, 3.63) is 30.3 Å². The summed E-state index contributed by atoms with van der Waals surface area (Å²) in [5.74, 6) is 1.04. The van der Waals surface area contributed by atoms with Crippen molar-refractivity contribution in [2.24, 2.45) is 0 Å². The fourth-order valence-electron chi connectivity index (χ4n) is 2.77. The van der Waals surface area contributed by atoms with Crippen LogP contribution in [-0.2, 0) is 4.79 Å². The molecule has 0 aromatic heterocycles. The molecular formula is C16H23NO2. The van der Waals surface area contributed by atoms with E-state index in [1.807, 2.05) is 35.2 Å². The van der Waals surface area contributed by atoms with Crippen molar-refractivity contribution in [1.29, 1.82) is 0 Å². The van der Waals surface area contributed by atoms with Gasteiger partial charge in [-0.15, -0.1) is 0 Å². The summed E-state index contributed by atoms with van der Waals surface area (Å²) in [6.07, 6.45) is 6.08. The number of hydrogen-bond acceptors (Lipinski definition) is 2.